The SMILES string of the molecule is CC1(C)OB(c2cc3cc(CNC=O)ccc3s2)OC1(C)C. The summed E-state index contributed by atoms with van der Waals surface area (Å²) in [5, 5.41) is 3.84. The van der Waals surface area contributed by atoms with Gasteiger partial charge in [0.2, 0.25) is 6.41 Å². The van der Waals surface area contributed by atoms with Crippen LogP contribution in [-0.2, 0) is 20.6 Å². The number of carbonyl (C=O) groups excluding carboxylic acids is 1. The van der Waals surface area contributed by atoms with Crippen LogP contribution in [0.1, 0.15) is 33.3 Å². The molecule has 0 radical (unpaired) electrons. The molecule has 6 heteroatoms. The number of thiophene rings is 1. The van der Waals surface area contributed by atoms with E-state index in [-0.39, 0.29) is 18.3 Å². The van der Waals surface area contributed by atoms with Crippen LogP contribution in [0.4, 0.5) is 0 Å². The molecule has 1 N–H and O–H groups in total. The van der Waals surface area contributed by atoms with Crippen LogP contribution in [-0.4, -0.2) is 24.7 Å². The van der Waals surface area contributed by atoms with Crippen LogP contribution in [0.15, 0.2) is 24.3 Å². The normalized spacial score (nSPS) is 19.5. The first-order chi connectivity index (χ1) is 10.3. The molecule has 1 saturated heterocycles. The lowest BCUT2D eigenvalue weighted by Crippen LogP contribution is -2.41. The summed E-state index contributed by atoms with van der Waals surface area (Å²) in [4.78, 5) is 10.4. The Hall–Kier alpha value is -1.37. The molecule has 3 rings (SSSR count). The van der Waals surface area contributed by atoms with Gasteiger partial charge in [-0.2, -0.15) is 0 Å². The molecule has 0 aliphatic carbocycles. The lowest BCUT2D eigenvalue weighted by molar-refractivity contribution is -0.109. The fourth-order valence-corrected chi connectivity index (χ4v) is 3.46. The summed E-state index contributed by atoms with van der Waals surface area (Å²) in [5.74, 6) is 0. The zero-order chi connectivity index (χ0) is 16.0. The second-order valence-electron chi connectivity index (χ2n) is 6.61. The number of nitrogens with one attached hydrogen (secondary N) is 1. The van der Waals surface area contributed by atoms with Crippen molar-refractivity contribution in [2.45, 2.75) is 45.4 Å². The van der Waals surface area contributed by atoms with E-state index in [1.165, 1.54) is 4.70 Å². The highest BCUT2D eigenvalue weighted by Gasteiger charge is 2.52. The summed E-state index contributed by atoms with van der Waals surface area (Å²) < 4.78 is 14.5. The first-order valence-electron chi connectivity index (χ1n) is 7.37. The van der Waals surface area contributed by atoms with Gasteiger partial charge >= 0.3 is 7.12 Å². The minimum Gasteiger partial charge on any atom is -0.399 e. The van der Waals surface area contributed by atoms with E-state index < -0.39 is 0 Å². The third-order valence-corrected chi connectivity index (χ3v) is 5.61. The maximum absolute atomic E-state index is 10.4. The maximum atomic E-state index is 10.4. The second kappa shape index (κ2) is 5.37. The topological polar surface area (TPSA) is 47.6 Å². The Bertz CT molecular complexity index is 694. The summed E-state index contributed by atoms with van der Waals surface area (Å²) in [6, 6.07) is 8.32. The van der Waals surface area contributed by atoms with Gasteiger partial charge in [0, 0.05) is 16.0 Å². The Kier molecular flexibility index (Phi) is 3.79. The predicted octanol–water partition coefficient (Wildman–Crippen LogP) is 2.45. The van der Waals surface area contributed by atoms with Crippen molar-refractivity contribution in [3.63, 3.8) is 0 Å². The molecular formula is C16H20BNO3S. The summed E-state index contributed by atoms with van der Waals surface area (Å²) in [6.07, 6.45) is 0.716. The zero-order valence-electron chi connectivity index (χ0n) is 13.3. The van der Waals surface area contributed by atoms with Gasteiger partial charge in [-0.15, -0.1) is 11.3 Å². The maximum Gasteiger partial charge on any atom is 0.505 e. The Labute approximate surface area is 134 Å². The number of carbonyl (C=O) groups is 1. The zero-order valence-corrected chi connectivity index (χ0v) is 14.1. The van der Waals surface area contributed by atoms with Crippen LogP contribution in [0.5, 0.6) is 0 Å². The van der Waals surface area contributed by atoms with E-state index in [0.29, 0.717) is 13.0 Å². The van der Waals surface area contributed by atoms with Gasteiger partial charge < -0.3 is 14.6 Å². The van der Waals surface area contributed by atoms with Crippen molar-refractivity contribution in [1.82, 2.24) is 5.32 Å². The standard InChI is InChI=1S/C16H20BNO3S/c1-15(2)16(3,4)21-17(20-15)14-8-12-7-11(9-18-10-19)5-6-13(12)22-14/h5-8,10H,9H2,1-4H3,(H,18,19). The van der Waals surface area contributed by atoms with E-state index >= 15 is 0 Å². The number of hydrogen-bond acceptors (Lipinski definition) is 4. The summed E-state index contributed by atoms with van der Waals surface area (Å²) in [7, 11) is -0.320. The summed E-state index contributed by atoms with van der Waals surface area (Å²) >= 11 is 1.69. The molecule has 1 aliphatic heterocycles. The Morgan fingerprint density at radius 1 is 1.18 bits per heavy atom. The summed E-state index contributed by atoms with van der Waals surface area (Å²) in [6.45, 7) is 8.78. The Morgan fingerprint density at radius 2 is 1.86 bits per heavy atom. The molecule has 0 atom stereocenters. The van der Waals surface area contributed by atoms with Crippen LogP contribution < -0.4 is 10.1 Å². The van der Waals surface area contributed by atoms with Gasteiger partial charge in [-0.05, 0) is 56.8 Å². The van der Waals surface area contributed by atoms with Crippen molar-refractivity contribution in [3.8, 4) is 0 Å². The van der Waals surface area contributed by atoms with Gasteiger partial charge in [0.1, 0.15) is 0 Å². The molecule has 0 spiro atoms. The molecule has 0 saturated carbocycles. The van der Waals surface area contributed by atoms with Crippen molar-refractivity contribution < 1.29 is 14.1 Å². The van der Waals surface area contributed by atoms with Crippen LogP contribution in [0.25, 0.3) is 10.1 Å². The van der Waals surface area contributed by atoms with Crippen LogP contribution in [0, 0.1) is 0 Å². The third kappa shape index (κ3) is 2.66. The number of amides is 1. The predicted molar refractivity (Wildman–Crippen MR) is 90.4 cm³/mol. The Balaban J connectivity index is 1.88. The third-order valence-electron chi connectivity index (χ3n) is 4.47. The number of rotatable bonds is 4. The van der Waals surface area contributed by atoms with Crippen molar-refractivity contribution >= 4 is 39.7 Å². The molecule has 1 aromatic carbocycles. The second-order valence-corrected chi connectivity index (χ2v) is 7.72. The molecule has 116 valence electrons. The van der Waals surface area contributed by atoms with Crippen LogP contribution in [0.3, 0.4) is 0 Å². The molecule has 2 heterocycles. The molecule has 4 nitrogen and oxygen atoms in total. The number of hydrogen-bond donors (Lipinski definition) is 1. The first-order valence-corrected chi connectivity index (χ1v) is 8.19. The first kappa shape index (κ1) is 15.5. The summed E-state index contributed by atoms with van der Waals surface area (Å²) in [5.41, 5.74) is 0.428. The monoisotopic (exact) mass is 317 g/mol. The van der Waals surface area contributed by atoms with Gasteiger partial charge in [0.15, 0.2) is 0 Å². The van der Waals surface area contributed by atoms with E-state index in [1.54, 1.807) is 11.3 Å². The molecule has 0 bridgehead atoms. The molecule has 1 aliphatic rings. The number of benzene rings is 1. The van der Waals surface area contributed by atoms with Crippen molar-refractivity contribution in [2.24, 2.45) is 0 Å². The van der Waals surface area contributed by atoms with Gasteiger partial charge in [-0.3, -0.25) is 4.79 Å². The molecule has 22 heavy (non-hydrogen) atoms. The lowest BCUT2D eigenvalue weighted by atomic mass is 9.87. The molecule has 2 aromatic rings. The minimum atomic E-state index is -0.327. The van der Waals surface area contributed by atoms with E-state index in [1.807, 2.05) is 6.07 Å². The Morgan fingerprint density at radius 3 is 2.50 bits per heavy atom. The molecule has 1 aromatic heterocycles. The highest BCUT2D eigenvalue weighted by Crippen LogP contribution is 2.37. The molecule has 1 amide bonds. The van der Waals surface area contributed by atoms with Crippen LogP contribution in [0.2, 0.25) is 0 Å². The molecular weight excluding hydrogens is 297 g/mol. The van der Waals surface area contributed by atoms with Gasteiger partial charge in [0.05, 0.1) is 11.2 Å². The smallest absolute Gasteiger partial charge is 0.399 e. The van der Waals surface area contributed by atoms with Crippen molar-refractivity contribution in [3.05, 3.63) is 29.8 Å². The van der Waals surface area contributed by atoms with E-state index in [2.05, 4.69) is 51.2 Å². The quantitative estimate of drug-likeness (QED) is 0.696. The average Bonchev–Trinajstić information content (AvgIpc) is 2.95. The van der Waals surface area contributed by atoms with Gasteiger partial charge in [0.25, 0.3) is 0 Å². The largest absolute Gasteiger partial charge is 0.505 e. The van der Waals surface area contributed by atoms with Gasteiger partial charge in [-0.25, -0.2) is 0 Å². The lowest BCUT2D eigenvalue weighted by Gasteiger charge is -2.32. The molecule has 0 unspecified atom stereocenters. The fraction of sp³-hybridized carbons (Fsp3) is 0.438. The highest BCUT2D eigenvalue weighted by molar-refractivity contribution is 7.28. The van der Waals surface area contributed by atoms with Crippen molar-refractivity contribution in [1.29, 1.82) is 0 Å². The average molecular weight is 317 g/mol. The van der Waals surface area contributed by atoms with E-state index in [9.17, 15) is 4.79 Å². The van der Waals surface area contributed by atoms with Crippen molar-refractivity contribution in [2.75, 3.05) is 0 Å². The van der Waals surface area contributed by atoms with E-state index in [0.717, 1.165) is 15.7 Å². The molecule has 1 fully saturated rings. The van der Waals surface area contributed by atoms with Gasteiger partial charge in [-0.1, -0.05) is 6.07 Å². The highest BCUT2D eigenvalue weighted by atomic mass is 32.1. The van der Waals surface area contributed by atoms with E-state index in [4.69, 9.17) is 9.31 Å². The van der Waals surface area contributed by atoms with Crippen LogP contribution >= 0.6 is 11.3 Å². The fourth-order valence-electron chi connectivity index (χ4n) is 2.46. The minimum absolute atomic E-state index is 0.320. The number of fused-ring (bicyclic) bond motifs is 1.